The van der Waals surface area contributed by atoms with Crippen LogP contribution in [0.25, 0.3) is 11.1 Å². The molecule has 2 aromatic rings. The SMILES string of the molecule is COCOc1ccc(C)c(-c2cc(B3OC(C)(C)C(C)(C)O3)cc(C(N)=O)c2N)c1C. The molecule has 1 aliphatic heterocycles. The predicted molar refractivity (Wildman–Crippen MR) is 123 cm³/mol. The van der Waals surface area contributed by atoms with E-state index in [-0.39, 0.29) is 12.4 Å². The molecule has 0 aromatic heterocycles. The zero-order valence-corrected chi connectivity index (χ0v) is 19.3. The van der Waals surface area contributed by atoms with Crippen LogP contribution in [-0.2, 0) is 14.0 Å². The maximum absolute atomic E-state index is 12.2. The second kappa shape index (κ2) is 8.18. The van der Waals surface area contributed by atoms with E-state index >= 15 is 0 Å². The van der Waals surface area contributed by atoms with Crippen LogP contribution in [0.5, 0.6) is 5.75 Å². The normalized spacial score (nSPS) is 17.1. The number of nitrogen functional groups attached to an aromatic ring is 1. The van der Waals surface area contributed by atoms with E-state index in [0.717, 1.165) is 16.7 Å². The molecule has 0 unspecified atom stereocenters. The lowest BCUT2D eigenvalue weighted by Crippen LogP contribution is -2.41. The minimum absolute atomic E-state index is 0.124. The number of benzene rings is 2. The molecule has 0 saturated carbocycles. The van der Waals surface area contributed by atoms with Crippen LogP contribution in [0, 0.1) is 13.8 Å². The van der Waals surface area contributed by atoms with E-state index < -0.39 is 24.2 Å². The smallest absolute Gasteiger partial charge is 0.467 e. The van der Waals surface area contributed by atoms with Crippen molar-refractivity contribution >= 4 is 24.2 Å². The summed E-state index contributed by atoms with van der Waals surface area (Å²) in [4.78, 5) is 12.2. The minimum atomic E-state index is -0.656. The Morgan fingerprint density at radius 3 is 2.26 bits per heavy atom. The molecule has 2 aromatic carbocycles. The van der Waals surface area contributed by atoms with Crippen molar-refractivity contribution in [3.63, 3.8) is 0 Å². The van der Waals surface area contributed by atoms with Gasteiger partial charge in [0.25, 0.3) is 5.91 Å². The number of rotatable bonds is 6. The summed E-state index contributed by atoms with van der Waals surface area (Å²) in [5.74, 6) is 0.0581. The molecule has 0 atom stereocenters. The fourth-order valence-electron chi connectivity index (χ4n) is 3.72. The fourth-order valence-corrected chi connectivity index (χ4v) is 3.72. The molecule has 1 heterocycles. The number of methoxy groups -OCH3 is 1. The summed E-state index contributed by atoms with van der Waals surface area (Å²) >= 11 is 0. The van der Waals surface area contributed by atoms with Crippen LogP contribution in [0.3, 0.4) is 0 Å². The summed E-state index contributed by atoms with van der Waals surface area (Å²) in [7, 11) is 0.909. The largest absolute Gasteiger partial charge is 0.494 e. The highest BCUT2D eigenvalue weighted by Crippen LogP contribution is 2.39. The number of nitrogens with two attached hydrogens (primary N) is 2. The lowest BCUT2D eigenvalue weighted by atomic mass is 9.75. The molecule has 1 saturated heterocycles. The first kappa shape index (κ1) is 23.1. The molecular weight excluding hydrogens is 395 g/mol. The predicted octanol–water partition coefficient (Wildman–Crippen LogP) is 2.93. The van der Waals surface area contributed by atoms with Crippen molar-refractivity contribution in [1.82, 2.24) is 0 Å². The second-order valence-electron chi connectivity index (χ2n) is 8.91. The third-order valence-electron chi connectivity index (χ3n) is 6.22. The average Bonchev–Trinajstić information content (AvgIpc) is 2.89. The standard InChI is InChI=1S/C23H31BN2O5/c1-13-8-9-18(29-12-28-7)14(2)19(13)16-10-15(11-17(20(16)25)21(26)27)24-30-22(3,4)23(5,6)31-24/h8-11H,12,25H2,1-7H3,(H2,26,27). The Bertz CT molecular complexity index is 1000. The van der Waals surface area contributed by atoms with Gasteiger partial charge >= 0.3 is 7.12 Å². The Balaban J connectivity index is 2.20. The van der Waals surface area contributed by atoms with Gasteiger partial charge in [-0.1, -0.05) is 12.1 Å². The third kappa shape index (κ3) is 4.15. The van der Waals surface area contributed by atoms with Crippen molar-refractivity contribution in [2.75, 3.05) is 19.6 Å². The Morgan fingerprint density at radius 1 is 1.10 bits per heavy atom. The molecule has 31 heavy (non-hydrogen) atoms. The number of primary amides is 1. The third-order valence-corrected chi connectivity index (χ3v) is 6.22. The van der Waals surface area contributed by atoms with Crippen LogP contribution >= 0.6 is 0 Å². The molecule has 0 spiro atoms. The Kier molecular flexibility index (Phi) is 6.10. The van der Waals surface area contributed by atoms with E-state index in [1.807, 2.05) is 59.7 Å². The van der Waals surface area contributed by atoms with Gasteiger partial charge in [-0.15, -0.1) is 0 Å². The number of ether oxygens (including phenoxy) is 2. The fraction of sp³-hybridized carbons (Fsp3) is 0.435. The van der Waals surface area contributed by atoms with Gasteiger partial charge in [-0.05, 0) is 75.8 Å². The Morgan fingerprint density at radius 2 is 1.71 bits per heavy atom. The van der Waals surface area contributed by atoms with Crippen LogP contribution in [0.4, 0.5) is 5.69 Å². The number of hydrogen-bond acceptors (Lipinski definition) is 6. The van der Waals surface area contributed by atoms with E-state index in [2.05, 4.69) is 0 Å². The maximum atomic E-state index is 12.2. The van der Waals surface area contributed by atoms with Gasteiger partial charge in [0.05, 0.1) is 22.5 Å². The molecule has 1 amide bonds. The maximum Gasteiger partial charge on any atom is 0.494 e. The summed E-state index contributed by atoms with van der Waals surface area (Å²) in [6.45, 7) is 12.0. The Hall–Kier alpha value is -2.55. The van der Waals surface area contributed by atoms with Gasteiger partial charge in [0.1, 0.15) is 5.75 Å². The van der Waals surface area contributed by atoms with Crippen LogP contribution in [-0.4, -0.2) is 38.1 Å². The second-order valence-corrected chi connectivity index (χ2v) is 8.91. The molecule has 3 rings (SSSR count). The van der Waals surface area contributed by atoms with Crippen molar-refractivity contribution in [3.8, 4) is 16.9 Å². The summed E-state index contributed by atoms with van der Waals surface area (Å²) in [5.41, 5.74) is 15.7. The molecule has 0 aliphatic carbocycles. The number of carbonyl (C=O) groups excluding carboxylic acids is 1. The highest BCUT2D eigenvalue weighted by atomic mass is 16.7. The van der Waals surface area contributed by atoms with Gasteiger partial charge in [0.15, 0.2) is 6.79 Å². The van der Waals surface area contributed by atoms with E-state index in [0.29, 0.717) is 22.5 Å². The van der Waals surface area contributed by atoms with Gasteiger partial charge in [-0.3, -0.25) is 4.79 Å². The lowest BCUT2D eigenvalue weighted by molar-refractivity contribution is 0.00578. The van der Waals surface area contributed by atoms with Gasteiger partial charge in [0.2, 0.25) is 0 Å². The highest BCUT2D eigenvalue weighted by Gasteiger charge is 2.52. The summed E-state index contributed by atoms with van der Waals surface area (Å²) < 4.78 is 23.1. The first-order chi connectivity index (χ1) is 14.4. The minimum Gasteiger partial charge on any atom is -0.467 e. The van der Waals surface area contributed by atoms with Crippen molar-refractivity contribution < 1.29 is 23.6 Å². The number of carbonyl (C=O) groups is 1. The molecule has 1 aliphatic rings. The van der Waals surface area contributed by atoms with Crippen molar-refractivity contribution in [1.29, 1.82) is 0 Å². The Labute approximate surface area is 184 Å². The van der Waals surface area contributed by atoms with Crippen molar-refractivity contribution in [2.24, 2.45) is 5.73 Å². The zero-order chi connectivity index (χ0) is 23.1. The van der Waals surface area contributed by atoms with Crippen LogP contribution < -0.4 is 21.7 Å². The van der Waals surface area contributed by atoms with E-state index in [1.165, 1.54) is 0 Å². The van der Waals surface area contributed by atoms with Gasteiger partial charge < -0.3 is 30.2 Å². The summed E-state index contributed by atoms with van der Waals surface area (Å²) in [5, 5.41) is 0. The molecular formula is C23H31BN2O5. The number of hydrogen-bond donors (Lipinski definition) is 2. The topological polar surface area (TPSA) is 106 Å². The van der Waals surface area contributed by atoms with Gasteiger partial charge in [-0.2, -0.15) is 0 Å². The van der Waals surface area contributed by atoms with Crippen LogP contribution in [0.1, 0.15) is 49.2 Å². The molecule has 166 valence electrons. The number of anilines is 1. The zero-order valence-electron chi connectivity index (χ0n) is 19.3. The molecule has 1 fully saturated rings. The number of amides is 1. The summed E-state index contributed by atoms with van der Waals surface area (Å²) in [6, 6.07) is 7.38. The molecule has 8 heteroatoms. The lowest BCUT2D eigenvalue weighted by Gasteiger charge is -2.32. The van der Waals surface area contributed by atoms with Crippen molar-refractivity contribution in [2.45, 2.75) is 52.7 Å². The van der Waals surface area contributed by atoms with Gasteiger partial charge in [-0.25, -0.2) is 0 Å². The monoisotopic (exact) mass is 426 g/mol. The molecule has 4 N–H and O–H groups in total. The first-order valence-electron chi connectivity index (χ1n) is 10.2. The van der Waals surface area contributed by atoms with Crippen molar-refractivity contribution in [3.05, 3.63) is 41.0 Å². The first-order valence-corrected chi connectivity index (χ1v) is 10.2. The quantitative estimate of drug-likeness (QED) is 0.418. The molecule has 0 radical (unpaired) electrons. The van der Waals surface area contributed by atoms with E-state index in [9.17, 15) is 4.79 Å². The molecule has 7 nitrogen and oxygen atoms in total. The average molecular weight is 426 g/mol. The summed E-state index contributed by atoms with van der Waals surface area (Å²) in [6.07, 6.45) is 0. The van der Waals surface area contributed by atoms with Gasteiger partial charge in [0, 0.05) is 12.7 Å². The highest BCUT2D eigenvalue weighted by molar-refractivity contribution is 6.62. The van der Waals surface area contributed by atoms with E-state index in [4.69, 9.17) is 30.2 Å². The van der Waals surface area contributed by atoms with Crippen LogP contribution in [0.15, 0.2) is 24.3 Å². The van der Waals surface area contributed by atoms with Crippen LogP contribution in [0.2, 0.25) is 0 Å². The van der Waals surface area contributed by atoms with E-state index in [1.54, 1.807) is 13.2 Å². The molecule has 0 bridgehead atoms. The number of aryl methyl sites for hydroxylation is 1.